The Hall–Kier alpha value is -3.56. The summed E-state index contributed by atoms with van der Waals surface area (Å²) in [5.74, 6) is -2.48. The van der Waals surface area contributed by atoms with Crippen LogP contribution >= 0.6 is 0 Å². The highest BCUT2D eigenvalue weighted by atomic mass is 32.2. The third-order valence-corrected chi connectivity index (χ3v) is 13.4. The number of hydrogen-bond donors (Lipinski definition) is 0. The number of fused-ring (bicyclic) bond motifs is 6. The molecule has 4 aliphatic rings. The van der Waals surface area contributed by atoms with E-state index < -0.39 is 90.6 Å². The van der Waals surface area contributed by atoms with Gasteiger partial charge in [-0.3, -0.25) is 9.59 Å². The number of rotatable bonds is 6. The van der Waals surface area contributed by atoms with Crippen molar-refractivity contribution in [2.24, 2.45) is 11.8 Å². The third-order valence-electron chi connectivity index (χ3n) is 11.4. The number of carbonyl (C=O) groups is 2. The third kappa shape index (κ3) is 9.89. The maximum atomic E-state index is 13.4. The van der Waals surface area contributed by atoms with E-state index in [-0.39, 0.29) is 62.9 Å². The normalized spacial score (nSPS) is 25.7. The number of benzene rings is 2. The van der Waals surface area contributed by atoms with E-state index in [1.807, 2.05) is 0 Å². The molecular formula is C36H36F12O8S2. The second kappa shape index (κ2) is 15.8. The fraction of sp³-hybridized carbons (Fsp3) is 0.611. The van der Waals surface area contributed by atoms with Gasteiger partial charge in [0.15, 0.2) is 0 Å². The number of Topliss-reactive ketones (excluding diaryl/α,β-unsaturated/α-hetero) is 2. The van der Waals surface area contributed by atoms with Crippen LogP contribution in [0.5, 0.6) is 11.5 Å². The summed E-state index contributed by atoms with van der Waals surface area (Å²) in [6.07, 6.45) is -9.19. The van der Waals surface area contributed by atoms with Crippen molar-refractivity contribution < 1.29 is 87.5 Å². The Bertz CT molecular complexity index is 1960. The lowest BCUT2D eigenvalue weighted by atomic mass is 9.59. The monoisotopic (exact) mass is 888 g/mol. The molecule has 0 heterocycles. The molecule has 2 saturated carbocycles. The van der Waals surface area contributed by atoms with Gasteiger partial charge in [0, 0.05) is 36.5 Å². The number of aryl methyl sites for hydroxylation is 2. The van der Waals surface area contributed by atoms with E-state index >= 15 is 0 Å². The molecule has 324 valence electrons. The molecule has 0 saturated heterocycles. The molecule has 0 N–H and O–H groups in total. The SMILES string of the molecule is O=C1CC[C@@]2(CC(F)(F)F)c3ccc(OS(=O)(=O)C(F)(F)F)cc3CCC[C@H]2C1.O=C1CC[C@]2(CC(F)(F)F)c3ccc(OS(=O)(=O)C(F)(F)F)cc3CCC[C@@H]2C1. The minimum absolute atomic E-state index is 0.00722. The molecule has 0 amide bonds. The highest BCUT2D eigenvalue weighted by Gasteiger charge is 2.54. The topological polar surface area (TPSA) is 121 Å². The Morgan fingerprint density at radius 3 is 1.21 bits per heavy atom. The summed E-state index contributed by atoms with van der Waals surface area (Å²) in [5, 5.41) is 0. The molecule has 0 unspecified atom stereocenters. The predicted molar refractivity (Wildman–Crippen MR) is 179 cm³/mol. The highest BCUT2D eigenvalue weighted by Crippen LogP contribution is 2.55. The van der Waals surface area contributed by atoms with Gasteiger partial charge < -0.3 is 8.37 Å². The number of halogens is 12. The van der Waals surface area contributed by atoms with E-state index in [0.29, 0.717) is 47.9 Å². The van der Waals surface area contributed by atoms with Crippen LogP contribution in [0.3, 0.4) is 0 Å². The summed E-state index contributed by atoms with van der Waals surface area (Å²) in [6, 6.07) is 6.45. The van der Waals surface area contributed by atoms with E-state index in [1.165, 1.54) is 12.1 Å². The largest absolute Gasteiger partial charge is 0.534 e. The van der Waals surface area contributed by atoms with Crippen LogP contribution in [0.1, 0.15) is 99.3 Å². The van der Waals surface area contributed by atoms with Crippen LogP contribution in [0.4, 0.5) is 52.7 Å². The van der Waals surface area contributed by atoms with Crippen molar-refractivity contribution in [3.05, 3.63) is 58.7 Å². The Morgan fingerprint density at radius 2 is 0.897 bits per heavy atom. The van der Waals surface area contributed by atoms with Crippen LogP contribution in [0.2, 0.25) is 0 Å². The molecule has 0 spiro atoms. The van der Waals surface area contributed by atoms with Crippen LogP contribution in [-0.2, 0) is 53.5 Å². The molecule has 2 aromatic carbocycles. The van der Waals surface area contributed by atoms with Crippen molar-refractivity contribution >= 4 is 31.8 Å². The van der Waals surface area contributed by atoms with E-state index in [0.717, 1.165) is 24.3 Å². The van der Waals surface area contributed by atoms with E-state index in [4.69, 9.17) is 0 Å². The number of ketones is 2. The summed E-state index contributed by atoms with van der Waals surface area (Å²) in [4.78, 5) is 23.8. The Kier molecular flexibility index (Phi) is 12.4. The van der Waals surface area contributed by atoms with Crippen molar-refractivity contribution in [3.63, 3.8) is 0 Å². The van der Waals surface area contributed by atoms with Gasteiger partial charge in [-0.1, -0.05) is 12.1 Å². The molecule has 4 aliphatic carbocycles. The maximum absolute atomic E-state index is 13.4. The average molecular weight is 889 g/mol. The number of hydrogen-bond acceptors (Lipinski definition) is 8. The van der Waals surface area contributed by atoms with Crippen LogP contribution < -0.4 is 8.37 Å². The number of carbonyl (C=O) groups excluding carboxylic acids is 2. The first-order valence-corrected chi connectivity index (χ1v) is 20.7. The van der Waals surface area contributed by atoms with E-state index in [2.05, 4.69) is 8.37 Å². The van der Waals surface area contributed by atoms with Crippen LogP contribution in [-0.4, -0.2) is 51.8 Å². The molecule has 0 aromatic heterocycles. The Labute approximate surface area is 324 Å². The predicted octanol–water partition coefficient (Wildman–Crippen LogP) is 9.62. The molecular weight excluding hydrogens is 852 g/mol. The zero-order valence-electron chi connectivity index (χ0n) is 30.1. The van der Waals surface area contributed by atoms with Crippen molar-refractivity contribution in [2.75, 3.05) is 0 Å². The van der Waals surface area contributed by atoms with Crippen molar-refractivity contribution in [3.8, 4) is 11.5 Å². The molecule has 2 fully saturated rings. The van der Waals surface area contributed by atoms with Crippen molar-refractivity contribution in [1.82, 2.24) is 0 Å². The van der Waals surface area contributed by atoms with Gasteiger partial charge in [0.25, 0.3) is 0 Å². The first-order chi connectivity index (χ1) is 26.5. The van der Waals surface area contributed by atoms with Crippen LogP contribution in [0, 0.1) is 11.8 Å². The van der Waals surface area contributed by atoms with Crippen LogP contribution in [0.15, 0.2) is 36.4 Å². The Morgan fingerprint density at radius 1 is 0.552 bits per heavy atom. The summed E-state index contributed by atoms with van der Waals surface area (Å²) < 4.78 is 209. The van der Waals surface area contributed by atoms with Gasteiger partial charge in [0.1, 0.15) is 23.1 Å². The minimum atomic E-state index is -5.89. The van der Waals surface area contributed by atoms with Gasteiger partial charge in [-0.2, -0.15) is 69.5 Å². The average Bonchev–Trinajstić information content (AvgIpc) is 3.29. The van der Waals surface area contributed by atoms with Gasteiger partial charge in [-0.25, -0.2) is 0 Å². The summed E-state index contributed by atoms with van der Waals surface area (Å²) >= 11 is 0. The van der Waals surface area contributed by atoms with Gasteiger partial charge in [-0.05, 0) is 110 Å². The quantitative estimate of drug-likeness (QED) is 0.160. The highest BCUT2D eigenvalue weighted by molar-refractivity contribution is 7.88. The molecule has 58 heavy (non-hydrogen) atoms. The zero-order valence-corrected chi connectivity index (χ0v) is 31.8. The molecule has 0 aliphatic heterocycles. The lowest BCUT2D eigenvalue weighted by Gasteiger charge is -2.44. The maximum Gasteiger partial charge on any atom is 0.534 e. The zero-order chi connectivity index (χ0) is 43.3. The summed E-state index contributed by atoms with van der Waals surface area (Å²) in [5.41, 5.74) is -12.7. The lowest BCUT2D eigenvalue weighted by Crippen LogP contribution is -2.44. The molecule has 0 radical (unpaired) electrons. The molecule has 0 bridgehead atoms. The molecule has 4 atom stereocenters. The molecule has 6 rings (SSSR count). The van der Waals surface area contributed by atoms with Gasteiger partial charge in [0.05, 0.1) is 12.8 Å². The molecule has 8 nitrogen and oxygen atoms in total. The number of alkyl halides is 12. The summed E-state index contributed by atoms with van der Waals surface area (Å²) in [6.45, 7) is 0. The van der Waals surface area contributed by atoms with Crippen molar-refractivity contribution in [1.29, 1.82) is 0 Å². The summed E-state index contributed by atoms with van der Waals surface area (Å²) in [7, 11) is -11.8. The lowest BCUT2D eigenvalue weighted by molar-refractivity contribution is -0.160. The molecule has 22 heteroatoms. The van der Waals surface area contributed by atoms with Crippen molar-refractivity contribution in [2.45, 2.75) is 124 Å². The first-order valence-electron chi connectivity index (χ1n) is 17.9. The second-order valence-electron chi connectivity index (χ2n) is 15.2. The minimum Gasteiger partial charge on any atom is -0.376 e. The standard InChI is InChI=1S/2C18H18F6O4S/c2*19-17(20,21)10-16-7-6-13(25)9-12(16)3-1-2-11-8-14(4-5-15(11)16)28-29(26,27)18(22,23)24/h2*4-5,8,12H,1-3,6-7,9-10H2/t2*12-,16-/m10/s1. The van der Waals surface area contributed by atoms with Gasteiger partial charge in [0.2, 0.25) is 0 Å². The second-order valence-corrected chi connectivity index (χ2v) is 18.2. The smallest absolute Gasteiger partial charge is 0.376 e. The van der Waals surface area contributed by atoms with Gasteiger partial charge in [-0.15, -0.1) is 0 Å². The van der Waals surface area contributed by atoms with Crippen LogP contribution in [0.25, 0.3) is 0 Å². The van der Waals surface area contributed by atoms with Gasteiger partial charge >= 0.3 is 43.6 Å². The fourth-order valence-corrected chi connectivity index (χ4v) is 10.1. The fourth-order valence-electron chi connectivity index (χ4n) is 9.17. The van der Waals surface area contributed by atoms with E-state index in [1.54, 1.807) is 0 Å². The van der Waals surface area contributed by atoms with E-state index in [9.17, 15) is 79.1 Å². The first kappa shape index (κ1) is 45.5. The Balaban J connectivity index is 0.000000221. The molecule has 2 aromatic rings.